The zero-order valence-electron chi connectivity index (χ0n) is 22.9. The third-order valence-electron chi connectivity index (χ3n) is 6.14. The van der Waals surface area contributed by atoms with Crippen molar-refractivity contribution in [1.29, 1.82) is 0 Å². The maximum Gasteiger partial charge on any atom is 0.244 e. The highest BCUT2D eigenvalue weighted by Gasteiger charge is 2.23. The first-order valence-corrected chi connectivity index (χ1v) is 15.3. The number of thiazole rings is 1. The lowest BCUT2D eigenvalue weighted by Gasteiger charge is -2.17. The van der Waals surface area contributed by atoms with Crippen molar-refractivity contribution in [2.75, 3.05) is 22.6 Å². The van der Waals surface area contributed by atoms with Crippen LogP contribution in [0.2, 0.25) is 0 Å². The zero-order chi connectivity index (χ0) is 29.5. The van der Waals surface area contributed by atoms with Crippen LogP contribution in [0.3, 0.4) is 0 Å². The van der Waals surface area contributed by atoms with E-state index in [0.29, 0.717) is 22.4 Å². The molecule has 0 bridgehead atoms. The summed E-state index contributed by atoms with van der Waals surface area (Å²) in [6.45, 7) is 4.06. The fourth-order valence-electron chi connectivity index (χ4n) is 4.15. The molecule has 1 aromatic heterocycles. The number of rotatable bonds is 10. The molecule has 0 saturated carbocycles. The van der Waals surface area contributed by atoms with E-state index in [9.17, 15) is 9.59 Å². The molecule has 0 aliphatic rings. The molecule has 0 aliphatic carbocycles. The van der Waals surface area contributed by atoms with Gasteiger partial charge in [-0.15, -0.1) is 11.8 Å². The van der Waals surface area contributed by atoms with Gasteiger partial charge in [-0.05, 0) is 92.3 Å². The van der Waals surface area contributed by atoms with Gasteiger partial charge in [0.1, 0.15) is 11.0 Å². The number of thioether (sulfide) groups is 1. The molecule has 5 rings (SSSR count). The second kappa shape index (κ2) is 13.6. The second-order valence-corrected chi connectivity index (χ2v) is 11.8. The maximum absolute atomic E-state index is 13.6. The number of amides is 1. The van der Waals surface area contributed by atoms with Crippen LogP contribution in [0.15, 0.2) is 102 Å². The second-order valence-electron chi connectivity index (χ2n) is 9.22. The minimum absolute atomic E-state index is 0.00948. The Morgan fingerprint density at radius 2 is 1.67 bits per heavy atom. The van der Waals surface area contributed by atoms with Crippen molar-refractivity contribution in [2.45, 2.75) is 24.0 Å². The van der Waals surface area contributed by atoms with E-state index >= 15 is 0 Å². The standard InChI is InChI=1S/C32H28N4O3S3/c1-3-39-25-16-17-27-28(19-25)42-32(35-27)36-30(38)29(22-8-5-4-6-9-22)41-26-11-7-10-24(18-26)34-31(40)33-23-14-12-21(13-15-23)20(2)37/h4-19,29H,3H2,1-2H3,(H2,33,34,40)(H,35,36,38). The summed E-state index contributed by atoms with van der Waals surface area (Å²) in [6.07, 6.45) is 0. The highest BCUT2D eigenvalue weighted by Crippen LogP contribution is 2.38. The number of anilines is 3. The number of fused-ring (bicyclic) bond motifs is 1. The van der Waals surface area contributed by atoms with Crippen molar-refractivity contribution in [3.8, 4) is 5.75 Å². The molecule has 212 valence electrons. The van der Waals surface area contributed by atoms with Crippen LogP contribution in [-0.2, 0) is 4.79 Å². The van der Waals surface area contributed by atoms with Gasteiger partial charge in [0.05, 0.1) is 16.8 Å². The van der Waals surface area contributed by atoms with Gasteiger partial charge in [-0.25, -0.2) is 4.98 Å². The van der Waals surface area contributed by atoms with E-state index in [0.717, 1.165) is 37.8 Å². The number of carbonyl (C=O) groups is 2. The molecule has 0 saturated heterocycles. The van der Waals surface area contributed by atoms with E-state index in [2.05, 4.69) is 20.9 Å². The first kappa shape index (κ1) is 29.2. The Balaban J connectivity index is 1.30. The van der Waals surface area contributed by atoms with E-state index in [-0.39, 0.29) is 11.7 Å². The minimum atomic E-state index is -0.516. The van der Waals surface area contributed by atoms with Gasteiger partial charge >= 0.3 is 0 Å². The number of Topliss-reactive ketones (excluding diaryl/α,β-unsaturated/α-hetero) is 1. The fraction of sp³-hybridized carbons (Fsp3) is 0.125. The number of ketones is 1. The lowest BCUT2D eigenvalue weighted by atomic mass is 10.1. The Hall–Kier alpha value is -4.25. The molecule has 5 aromatic rings. The summed E-state index contributed by atoms with van der Waals surface area (Å²) < 4.78 is 6.54. The zero-order valence-corrected chi connectivity index (χ0v) is 25.4. The van der Waals surface area contributed by atoms with E-state index in [4.69, 9.17) is 17.0 Å². The lowest BCUT2D eigenvalue weighted by molar-refractivity contribution is -0.115. The molecule has 0 radical (unpaired) electrons. The number of hydrogen-bond donors (Lipinski definition) is 3. The number of aromatic nitrogens is 1. The summed E-state index contributed by atoms with van der Waals surface area (Å²) in [5.41, 5.74) is 3.87. The summed E-state index contributed by atoms with van der Waals surface area (Å²) in [4.78, 5) is 30.7. The number of thiocarbonyl (C=S) groups is 1. The molecule has 1 unspecified atom stereocenters. The van der Waals surface area contributed by atoms with Gasteiger partial charge in [0, 0.05) is 21.8 Å². The molecule has 10 heteroatoms. The predicted octanol–water partition coefficient (Wildman–Crippen LogP) is 8.18. The molecule has 42 heavy (non-hydrogen) atoms. The van der Waals surface area contributed by atoms with Crippen molar-refractivity contribution in [1.82, 2.24) is 4.98 Å². The SMILES string of the molecule is CCOc1ccc2nc(NC(=O)C(Sc3cccc(NC(=S)Nc4ccc(C(C)=O)cc4)c3)c3ccccc3)sc2c1. The third-order valence-corrected chi connectivity index (χ3v) is 8.52. The largest absolute Gasteiger partial charge is 0.494 e. The summed E-state index contributed by atoms with van der Waals surface area (Å²) in [7, 11) is 0. The average molecular weight is 613 g/mol. The van der Waals surface area contributed by atoms with Crippen molar-refractivity contribution in [2.24, 2.45) is 0 Å². The quantitative estimate of drug-likeness (QED) is 0.0826. The number of ether oxygens (including phenoxy) is 1. The average Bonchev–Trinajstić information content (AvgIpc) is 3.38. The van der Waals surface area contributed by atoms with Crippen LogP contribution >= 0.6 is 35.3 Å². The third kappa shape index (κ3) is 7.52. The van der Waals surface area contributed by atoms with Gasteiger partial charge in [-0.1, -0.05) is 47.7 Å². The Kier molecular flexibility index (Phi) is 9.48. The van der Waals surface area contributed by atoms with Crippen molar-refractivity contribution >= 4 is 78.8 Å². The molecule has 0 aliphatic heterocycles. The van der Waals surface area contributed by atoms with E-state index in [1.54, 1.807) is 12.1 Å². The molecule has 0 spiro atoms. The van der Waals surface area contributed by atoms with Crippen LogP contribution in [0.1, 0.15) is 35.0 Å². The van der Waals surface area contributed by atoms with Gasteiger partial charge in [0.25, 0.3) is 0 Å². The van der Waals surface area contributed by atoms with Gasteiger partial charge in [0.15, 0.2) is 16.0 Å². The summed E-state index contributed by atoms with van der Waals surface area (Å²) >= 11 is 8.36. The number of nitrogens with zero attached hydrogens (tertiary/aromatic N) is 1. The lowest BCUT2D eigenvalue weighted by Crippen LogP contribution is -2.19. The topological polar surface area (TPSA) is 92.3 Å². The van der Waals surface area contributed by atoms with Crippen LogP contribution in [0.25, 0.3) is 10.2 Å². The van der Waals surface area contributed by atoms with E-state index in [1.165, 1.54) is 30.0 Å². The van der Waals surface area contributed by atoms with E-state index < -0.39 is 5.25 Å². The van der Waals surface area contributed by atoms with E-state index in [1.807, 2.05) is 91.9 Å². The van der Waals surface area contributed by atoms with Crippen molar-refractivity contribution in [3.05, 3.63) is 108 Å². The van der Waals surface area contributed by atoms with Gasteiger partial charge in [0.2, 0.25) is 5.91 Å². The normalized spacial score (nSPS) is 11.5. The van der Waals surface area contributed by atoms with Crippen molar-refractivity contribution in [3.63, 3.8) is 0 Å². The Morgan fingerprint density at radius 1 is 0.905 bits per heavy atom. The van der Waals surface area contributed by atoms with Gasteiger partial charge < -0.3 is 20.7 Å². The number of nitrogens with one attached hydrogen (secondary N) is 3. The highest BCUT2D eigenvalue weighted by molar-refractivity contribution is 8.00. The predicted molar refractivity (Wildman–Crippen MR) is 177 cm³/mol. The fourth-order valence-corrected chi connectivity index (χ4v) is 6.37. The minimum Gasteiger partial charge on any atom is -0.494 e. The molecule has 1 amide bonds. The number of carbonyl (C=O) groups excluding carboxylic acids is 2. The van der Waals surface area contributed by atoms with Crippen molar-refractivity contribution < 1.29 is 14.3 Å². The summed E-state index contributed by atoms with van der Waals surface area (Å²) in [5.74, 6) is 0.619. The molecule has 0 fully saturated rings. The highest BCUT2D eigenvalue weighted by atomic mass is 32.2. The van der Waals surface area contributed by atoms with Crippen LogP contribution in [0.5, 0.6) is 5.75 Å². The summed E-state index contributed by atoms with van der Waals surface area (Å²) in [5, 5.41) is 9.79. The van der Waals surface area contributed by atoms with Crippen LogP contribution < -0.4 is 20.7 Å². The molecule has 1 heterocycles. The first-order chi connectivity index (χ1) is 20.4. The Labute approximate surface area is 257 Å². The molecular formula is C32H28N4O3S3. The van der Waals surface area contributed by atoms with Crippen LogP contribution in [-0.4, -0.2) is 28.4 Å². The molecule has 7 nitrogen and oxygen atoms in total. The molecule has 4 aromatic carbocycles. The first-order valence-electron chi connectivity index (χ1n) is 13.2. The monoisotopic (exact) mass is 612 g/mol. The molecule has 3 N–H and O–H groups in total. The summed E-state index contributed by atoms with van der Waals surface area (Å²) in [6, 6.07) is 30.3. The Morgan fingerprint density at radius 3 is 2.40 bits per heavy atom. The molecule has 1 atom stereocenters. The van der Waals surface area contributed by atoms with Gasteiger partial charge in [-0.2, -0.15) is 0 Å². The maximum atomic E-state index is 13.6. The number of hydrogen-bond acceptors (Lipinski definition) is 7. The Bertz CT molecular complexity index is 1720. The van der Waals surface area contributed by atoms with Crippen LogP contribution in [0, 0.1) is 0 Å². The smallest absolute Gasteiger partial charge is 0.244 e. The number of benzene rings is 4. The molecular weight excluding hydrogens is 585 g/mol. The van der Waals surface area contributed by atoms with Crippen LogP contribution in [0.4, 0.5) is 16.5 Å². The van der Waals surface area contributed by atoms with Gasteiger partial charge in [-0.3, -0.25) is 9.59 Å².